The summed E-state index contributed by atoms with van der Waals surface area (Å²) < 4.78 is 18.7. The number of methoxy groups -OCH3 is 1. The normalized spacial score (nSPS) is 10.1. The van der Waals surface area contributed by atoms with E-state index in [2.05, 4.69) is 10.2 Å². The van der Waals surface area contributed by atoms with Crippen molar-refractivity contribution in [3.8, 4) is 17.0 Å². The Morgan fingerprint density at radius 1 is 1.19 bits per heavy atom. The second-order valence-corrected chi connectivity index (χ2v) is 3.17. The number of hydrogen-bond acceptors (Lipinski definition) is 4. The smallest absolute Gasteiger partial charge is 0.174 e. The lowest BCUT2D eigenvalue weighted by atomic mass is 10.1. The summed E-state index contributed by atoms with van der Waals surface area (Å²) in [7, 11) is 1.41. The first kappa shape index (κ1) is 10.4. The van der Waals surface area contributed by atoms with Gasteiger partial charge in [0.2, 0.25) is 0 Å². The van der Waals surface area contributed by atoms with Crippen LogP contribution in [-0.4, -0.2) is 17.3 Å². The Hall–Kier alpha value is -2.17. The van der Waals surface area contributed by atoms with Gasteiger partial charge in [-0.15, -0.1) is 10.2 Å². The molecular weight excluding hydrogens is 209 g/mol. The third-order valence-electron chi connectivity index (χ3n) is 2.14. The van der Waals surface area contributed by atoms with E-state index in [1.165, 1.54) is 7.11 Å². The van der Waals surface area contributed by atoms with E-state index < -0.39 is 5.82 Å². The minimum atomic E-state index is -0.455. The van der Waals surface area contributed by atoms with E-state index >= 15 is 0 Å². The van der Waals surface area contributed by atoms with Crippen LogP contribution in [0.3, 0.4) is 0 Å². The summed E-state index contributed by atoms with van der Waals surface area (Å²) in [5.41, 5.74) is 6.17. The number of hydrogen-bond donors (Lipinski definition) is 1. The molecule has 0 aliphatic rings. The molecule has 2 N–H and O–H groups in total. The van der Waals surface area contributed by atoms with Crippen LogP contribution in [0.25, 0.3) is 11.3 Å². The van der Waals surface area contributed by atoms with Crippen molar-refractivity contribution in [2.75, 3.05) is 12.8 Å². The third-order valence-corrected chi connectivity index (χ3v) is 2.14. The van der Waals surface area contributed by atoms with Crippen LogP contribution in [0, 0.1) is 5.82 Å². The van der Waals surface area contributed by atoms with Gasteiger partial charge in [-0.3, -0.25) is 0 Å². The fourth-order valence-electron chi connectivity index (χ4n) is 1.35. The fraction of sp³-hybridized carbons (Fsp3) is 0.0909. The molecule has 0 aliphatic carbocycles. The van der Waals surface area contributed by atoms with Crippen LogP contribution in [-0.2, 0) is 0 Å². The number of benzene rings is 1. The Balaban J connectivity index is 2.51. The average molecular weight is 219 g/mol. The van der Waals surface area contributed by atoms with Crippen molar-refractivity contribution in [2.45, 2.75) is 0 Å². The summed E-state index contributed by atoms with van der Waals surface area (Å²) in [5.74, 6) is 0.0206. The molecule has 82 valence electrons. The number of ether oxygens (including phenoxy) is 1. The van der Waals surface area contributed by atoms with Gasteiger partial charge in [0.1, 0.15) is 5.82 Å². The van der Waals surface area contributed by atoms with Crippen molar-refractivity contribution in [1.82, 2.24) is 10.2 Å². The van der Waals surface area contributed by atoms with Crippen molar-refractivity contribution >= 4 is 5.82 Å². The molecule has 0 aliphatic heterocycles. The molecule has 1 heterocycles. The lowest BCUT2D eigenvalue weighted by Crippen LogP contribution is -1.96. The summed E-state index contributed by atoms with van der Waals surface area (Å²) in [6, 6.07) is 8.03. The first-order valence-corrected chi connectivity index (χ1v) is 4.64. The Morgan fingerprint density at radius 3 is 2.62 bits per heavy atom. The highest BCUT2D eigenvalue weighted by Gasteiger charge is 2.11. The molecule has 1 aromatic carbocycles. The van der Waals surface area contributed by atoms with E-state index in [-0.39, 0.29) is 5.75 Å². The van der Waals surface area contributed by atoms with E-state index in [1.54, 1.807) is 30.3 Å². The topological polar surface area (TPSA) is 61.0 Å². The molecule has 5 heteroatoms. The van der Waals surface area contributed by atoms with Gasteiger partial charge in [0, 0.05) is 5.56 Å². The Labute approximate surface area is 91.9 Å². The van der Waals surface area contributed by atoms with Crippen LogP contribution in [0.2, 0.25) is 0 Å². The van der Waals surface area contributed by atoms with Gasteiger partial charge in [-0.2, -0.15) is 0 Å². The quantitative estimate of drug-likeness (QED) is 0.837. The van der Waals surface area contributed by atoms with Crippen molar-refractivity contribution in [3.63, 3.8) is 0 Å². The molecule has 16 heavy (non-hydrogen) atoms. The summed E-state index contributed by atoms with van der Waals surface area (Å²) in [6.45, 7) is 0. The van der Waals surface area contributed by atoms with Crippen LogP contribution < -0.4 is 10.5 Å². The number of halogens is 1. The molecule has 0 fully saturated rings. The highest BCUT2D eigenvalue weighted by Crippen LogP contribution is 2.27. The molecule has 1 aromatic heterocycles. The molecule has 2 rings (SSSR count). The van der Waals surface area contributed by atoms with Crippen molar-refractivity contribution < 1.29 is 9.13 Å². The molecule has 4 nitrogen and oxygen atoms in total. The monoisotopic (exact) mass is 219 g/mol. The Bertz CT molecular complexity index is 499. The van der Waals surface area contributed by atoms with Gasteiger partial charge in [0.05, 0.1) is 12.8 Å². The molecule has 0 atom stereocenters. The minimum Gasteiger partial charge on any atom is -0.494 e. The van der Waals surface area contributed by atoms with Gasteiger partial charge >= 0.3 is 0 Å². The average Bonchev–Trinajstić information content (AvgIpc) is 2.31. The molecular formula is C11H10FN3O. The molecule has 0 radical (unpaired) electrons. The predicted octanol–water partition coefficient (Wildman–Crippen LogP) is 1.87. The van der Waals surface area contributed by atoms with E-state index in [4.69, 9.17) is 10.5 Å². The summed E-state index contributed by atoms with van der Waals surface area (Å²) in [4.78, 5) is 0. The number of nitrogens with zero attached hydrogens (tertiary/aromatic N) is 2. The summed E-state index contributed by atoms with van der Waals surface area (Å²) in [6.07, 6.45) is 0. The number of anilines is 1. The largest absolute Gasteiger partial charge is 0.494 e. The highest BCUT2D eigenvalue weighted by molar-refractivity contribution is 5.62. The lowest BCUT2D eigenvalue weighted by molar-refractivity contribution is 0.387. The maximum Gasteiger partial charge on any atom is 0.174 e. The fourth-order valence-corrected chi connectivity index (χ4v) is 1.35. The van der Waals surface area contributed by atoms with E-state index in [1.807, 2.05) is 0 Å². The first-order chi connectivity index (χ1) is 7.72. The molecule has 2 aromatic rings. The molecule has 0 saturated heterocycles. The number of nitrogen functional groups attached to an aromatic ring is 1. The number of rotatable bonds is 2. The molecule has 0 saturated carbocycles. The van der Waals surface area contributed by atoms with Crippen LogP contribution in [0.4, 0.5) is 10.2 Å². The van der Waals surface area contributed by atoms with Gasteiger partial charge in [0.15, 0.2) is 11.6 Å². The van der Waals surface area contributed by atoms with E-state index in [0.29, 0.717) is 17.1 Å². The zero-order valence-electron chi connectivity index (χ0n) is 8.64. The van der Waals surface area contributed by atoms with Crippen molar-refractivity contribution in [1.29, 1.82) is 0 Å². The lowest BCUT2D eigenvalue weighted by Gasteiger charge is -2.06. The SMILES string of the molecule is COc1cccc(-c2ccc(N)nn2)c1F. The molecule has 0 spiro atoms. The standard InChI is InChI=1S/C11H10FN3O/c1-16-9-4-2-3-7(11(9)12)8-5-6-10(13)15-14-8/h2-6H,1H3,(H2,13,15). The van der Waals surface area contributed by atoms with Gasteiger partial charge in [-0.25, -0.2) is 4.39 Å². The van der Waals surface area contributed by atoms with Gasteiger partial charge in [-0.1, -0.05) is 6.07 Å². The second kappa shape index (κ2) is 4.14. The van der Waals surface area contributed by atoms with E-state index in [0.717, 1.165) is 0 Å². The predicted molar refractivity (Wildman–Crippen MR) is 58.4 cm³/mol. The highest BCUT2D eigenvalue weighted by atomic mass is 19.1. The second-order valence-electron chi connectivity index (χ2n) is 3.17. The van der Waals surface area contributed by atoms with Crippen molar-refractivity contribution in [2.24, 2.45) is 0 Å². The molecule has 0 bridgehead atoms. The zero-order chi connectivity index (χ0) is 11.5. The Kier molecular flexibility index (Phi) is 2.68. The zero-order valence-corrected chi connectivity index (χ0v) is 8.64. The van der Waals surface area contributed by atoms with Crippen molar-refractivity contribution in [3.05, 3.63) is 36.1 Å². The van der Waals surface area contributed by atoms with Gasteiger partial charge in [-0.05, 0) is 24.3 Å². The van der Waals surface area contributed by atoms with E-state index in [9.17, 15) is 4.39 Å². The maximum absolute atomic E-state index is 13.8. The number of aromatic nitrogens is 2. The maximum atomic E-state index is 13.8. The van der Waals surface area contributed by atoms with Gasteiger partial charge < -0.3 is 10.5 Å². The summed E-state index contributed by atoms with van der Waals surface area (Å²) in [5, 5.41) is 7.49. The third kappa shape index (κ3) is 1.79. The Morgan fingerprint density at radius 2 is 2.00 bits per heavy atom. The first-order valence-electron chi connectivity index (χ1n) is 4.64. The number of nitrogens with two attached hydrogens (primary N) is 1. The molecule has 0 amide bonds. The van der Waals surface area contributed by atoms with Gasteiger partial charge in [0.25, 0.3) is 0 Å². The van der Waals surface area contributed by atoms with Crippen LogP contribution in [0.15, 0.2) is 30.3 Å². The molecule has 0 unspecified atom stereocenters. The summed E-state index contributed by atoms with van der Waals surface area (Å²) >= 11 is 0. The van der Waals surface area contributed by atoms with Crippen LogP contribution in [0.1, 0.15) is 0 Å². The van der Waals surface area contributed by atoms with Crippen LogP contribution >= 0.6 is 0 Å². The van der Waals surface area contributed by atoms with Crippen LogP contribution in [0.5, 0.6) is 5.75 Å². The minimum absolute atomic E-state index is 0.177.